The van der Waals surface area contributed by atoms with Crippen molar-refractivity contribution < 1.29 is 0 Å². The second-order valence-corrected chi connectivity index (χ2v) is 16.9. The Morgan fingerprint density at radius 3 is 1.14 bits per heavy atom. The van der Waals surface area contributed by atoms with Gasteiger partial charge >= 0.3 is 0 Å². The lowest BCUT2D eigenvalue weighted by molar-refractivity contribution is 1.18. The lowest BCUT2D eigenvalue weighted by Gasteiger charge is -2.11. The summed E-state index contributed by atoms with van der Waals surface area (Å²) < 4.78 is 7.22. The number of rotatable bonds is 6. The first kappa shape index (κ1) is 44.6. The fourth-order valence-corrected chi connectivity index (χ4v) is 10.6. The molecule has 6 nitrogen and oxygen atoms in total. The molecule has 0 saturated heterocycles. The number of nitrogens with zero attached hydrogens (tertiary/aromatic N) is 6. The van der Waals surface area contributed by atoms with Gasteiger partial charge < -0.3 is 9.13 Å². The van der Waals surface area contributed by atoms with Crippen molar-refractivity contribution >= 4 is 75.4 Å². The molecule has 13 aromatic rings. The topological polar surface area (TPSA) is 61.4 Å². The maximum atomic E-state index is 4.96. The zero-order valence-corrected chi connectivity index (χ0v) is 40.5. The van der Waals surface area contributed by atoms with Crippen LogP contribution in [0.3, 0.4) is 0 Å². The summed E-state index contributed by atoms with van der Waals surface area (Å²) in [5.74, 6) is 0. The van der Waals surface area contributed by atoms with Crippen LogP contribution < -0.4 is 0 Å². The predicted octanol–water partition coefficient (Wildman–Crippen LogP) is 17.6. The quantitative estimate of drug-likeness (QED) is 0.167. The third-order valence-electron chi connectivity index (χ3n) is 12.4. The predicted molar refractivity (Wildman–Crippen MR) is 295 cm³/mol. The molecule has 7 heteroatoms. The van der Waals surface area contributed by atoms with Crippen LogP contribution in [0.1, 0.15) is 41.5 Å². The SMILES string of the molecule is CC.CC.CC.c1ccc(-c2ccccc2-c2ccc3c(c2)c2ncccc2n3-c2ccc3sc4ccc(-n5c6ccc(-c7ccccc7-c7ccccn7)cc6c6ncccc65)cc4c3c2)nc1. The van der Waals surface area contributed by atoms with Crippen molar-refractivity contribution in [1.82, 2.24) is 29.1 Å². The van der Waals surface area contributed by atoms with Gasteiger partial charge in [-0.3, -0.25) is 19.9 Å². The van der Waals surface area contributed by atoms with Crippen molar-refractivity contribution in [3.05, 3.63) is 207 Å². The van der Waals surface area contributed by atoms with E-state index in [1.54, 1.807) is 0 Å². The molecular weight excluding hydrogens is 861 g/mol. The van der Waals surface area contributed by atoms with E-state index in [1.807, 2.05) is 114 Å². The Hall–Kier alpha value is -8.26. The minimum atomic E-state index is 0.954. The van der Waals surface area contributed by atoms with E-state index in [-0.39, 0.29) is 0 Å². The van der Waals surface area contributed by atoms with Crippen molar-refractivity contribution in [2.75, 3.05) is 0 Å². The highest BCUT2D eigenvalue weighted by Gasteiger charge is 2.19. The molecule has 7 heterocycles. The summed E-state index contributed by atoms with van der Waals surface area (Å²) in [7, 11) is 0. The molecule has 0 saturated carbocycles. The van der Waals surface area contributed by atoms with Crippen LogP contribution in [0.15, 0.2) is 207 Å². The molecular formula is C62H52N6S. The number of aromatic nitrogens is 6. The minimum Gasteiger partial charge on any atom is -0.308 e. The number of thiophene rings is 1. The molecule has 0 aliphatic heterocycles. The molecule has 0 aliphatic carbocycles. The second kappa shape index (κ2) is 19.5. The fraction of sp³-hybridized carbons (Fsp3) is 0.0968. The van der Waals surface area contributed by atoms with Crippen molar-refractivity contribution in [3.63, 3.8) is 0 Å². The molecule has 0 N–H and O–H groups in total. The largest absolute Gasteiger partial charge is 0.308 e. The summed E-state index contributed by atoms with van der Waals surface area (Å²) in [6.07, 6.45) is 7.49. The first-order chi connectivity index (χ1) is 34.2. The Kier molecular flexibility index (Phi) is 12.6. The second-order valence-electron chi connectivity index (χ2n) is 15.9. The Morgan fingerprint density at radius 1 is 0.319 bits per heavy atom. The van der Waals surface area contributed by atoms with Gasteiger partial charge in [-0.05, 0) is 131 Å². The van der Waals surface area contributed by atoms with Gasteiger partial charge in [-0.25, -0.2) is 0 Å². The van der Waals surface area contributed by atoms with E-state index < -0.39 is 0 Å². The van der Waals surface area contributed by atoms with Crippen LogP contribution in [0.2, 0.25) is 0 Å². The molecule has 69 heavy (non-hydrogen) atoms. The van der Waals surface area contributed by atoms with E-state index in [9.17, 15) is 0 Å². The van der Waals surface area contributed by atoms with Crippen LogP contribution >= 0.6 is 11.3 Å². The van der Waals surface area contributed by atoms with E-state index in [0.717, 1.165) is 100 Å². The Morgan fingerprint density at radius 2 is 0.725 bits per heavy atom. The summed E-state index contributed by atoms with van der Waals surface area (Å²) in [6, 6.07) is 64.8. The van der Waals surface area contributed by atoms with E-state index in [4.69, 9.17) is 9.97 Å². The molecule has 6 aromatic carbocycles. The maximum Gasteiger partial charge on any atom is 0.0963 e. The van der Waals surface area contributed by atoms with Gasteiger partial charge in [0.2, 0.25) is 0 Å². The molecule has 0 amide bonds. The van der Waals surface area contributed by atoms with Crippen molar-refractivity contribution in [2.45, 2.75) is 41.5 Å². The van der Waals surface area contributed by atoms with Gasteiger partial charge in [-0.15, -0.1) is 11.3 Å². The smallest absolute Gasteiger partial charge is 0.0963 e. The highest BCUT2D eigenvalue weighted by Crippen LogP contribution is 2.42. The number of fused-ring (bicyclic) bond motifs is 9. The third-order valence-corrected chi connectivity index (χ3v) is 13.5. The van der Waals surface area contributed by atoms with Crippen molar-refractivity contribution in [1.29, 1.82) is 0 Å². The van der Waals surface area contributed by atoms with Crippen LogP contribution in [-0.4, -0.2) is 29.1 Å². The average molecular weight is 913 g/mol. The molecule has 0 fully saturated rings. The Bertz CT molecular complexity index is 3670. The van der Waals surface area contributed by atoms with E-state index in [0.29, 0.717) is 0 Å². The molecule has 0 radical (unpaired) electrons. The number of benzene rings is 6. The average Bonchev–Trinajstić information content (AvgIpc) is 4.09. The van der Waals surface area contributed by atoms with Crippen molar-refractivity contribution in [2.24, 2.45) is 0 Å². The summed E-state index contributed by atoms with van der Waals surface area (Å²) in [5.41, 5.74) is 17.2. The van der Waals surface area contributed by atoms with Crippen LogP contribution in [0.4, 0.5) is 0 Å². The fourth-order valence-electron chi connectivity index (χ4n) is 9.55. The first-order valence-corrected chi connectivity index (χ1v) is 24.8. The van der Waals surface area contributed by atoms with Crippen LogP contribution in [0.25, 0.3) is 120 Å². The number of hydrogen-bond donors (Lipinski definition) is 0. The van der Waals surface area contributed by atoms with Gasteiger partial charge in [0.1, 0.15) is 0 Å². The Labute approximate surface area is 406 Å². The van der Waals surface area contributed by atoms with Gasteiger partial charge in [-0.2, -0.15) is 0 Å². The zero-order valence-electron chi connectivity index (χ0n) is 39.7. The van der Waals surface area contributed by atoms with Gasteiger partial charge in [0.05, 0.1) is 44.5 Å². The third kappa shape index (κ3) is 7.81. The number of pyridine rings is 4. The molecule has 0 aliphatic rings. The molecule has 13 rings (SSSR count). The maximum absolute atomic E-state index is 4.96. The van der Waals surface area contributed by atoms with Gasteiger partial charge in [0.25, 0.3) is 0 Å². The lowest BCUT2D eigenvalue weighted by atomic mass is 9.96. The van der Waals surface area contributed by atoms with E-state index in [2.05, 4.69) is 165 Å². The highest BCUT2D eigenvalue weighted by molar-refractivity contribution is 7.25. The molecule has 7 aromatic heterocycles. The van der Waals surface area contributed by atoms with Crippen LogP contribution in [0.5, 0.6) is 0 Å². The standard InChI is InChI=1S/C56H34N6S.3C2H6/c1-3-13-41(47-15-5-7-27-57-47)39(11-1)35-19-23-49-45(31-35)55-51(17-9-29-59-55)61(49)37-21-25-53-43(33-37)44-34-38(22-26-54(44)63-53)62-50-24-20-36(32-46(50)56-52(62)18-10-30-60-56)40-12-2-4-14-42(40)48-16-6-8-28-58-48;3*1-2/h1-34H;3*1-2H3. The summed E-state index contributed by atoms with van der Waals surface area (Å²) in [5, 5.41) is 4.67. The molecule has 0 spiro atoms. The first-order valence-electron chi connectivity index (χ1n) is 24.0. The lowest BCUT2D eigenvalue weighted by Crippen LogP contribution is -1.94. The highest BCUT2D eigenvalue weighted by atomic mass is 32.1. The van der Waals surface area contributed by atoms with E-state index >= 15 is 0 Å². The van der Waals surface area contributed by atoms with E-state index in [1.165, 1.54) is 20.2 Å². The van der Waals surface area contributed by atoms with Gasteiger partial charge in [0, 0.05) is 78.2 Å². The minimum absolute atomic E-state index is 0.954. The van der Waals surface area contributed by atoms with Gasteiger partial charge in [-0.1, -0.05) is 114 Å². The van der Waals surface area contributed by atoms with Crippen LogP contribution in [-0.2, 0) is 0 Å². The molecule has 0 atom stereocenters. The molecule has 336 valence electrons. The summed E-state index contributed by atoms with van der Waals surface area (Å²) in [4.78, 5) is 19.3. The monoisotopic (exact) mass is 912 g/mol. The molecule has 0 unspecified atom stereocenters. The van der Waals surface area contributed by atoms with Crippen LogP contribution in [0, 0.1) is 0 Å². The normalized spacial score (nSPS) is 11.0. The van der Waals surface area contributed by atoms with Crippen molar-refractivity contribution in [3.8, 4) is 56.1 Å². The molecule has 0 bridgehead atoms. The van der Waals surface area contributed by atoms with Gasteiger partial charge in [0.15, 0.2) is 0 Å². The summed E-state index contributed by atoms with van der Waals surface area (Å²) in [6.45, 7) is 12.0. The zero-order chi connectivity index (χ0) is 47.4. The summed E-state index contributed by atoms with van der Waals surface area (Å²) >= 11 is 1.83. The number of hydrogen-bond acceptors (Lipinski definition) is 5. The Balaban J connectivity index is 0.000000890.